The minimum absolute atomic E-state index is 0.321. The molecule has 0 saturated carbocycles. The summed E-state index contributed by atoms with van der Waals surface area (Å²) in [6.07, 6.45) is 0. The number of hydrogen-bond acceptors (Lipinski definition) is 2. The highest BCUT2D eigenvalue weighted by Gasteiger charge is 2.15. The van der Waals surface area contributed by atoms with Crippen LogP contribution in [0.2, 0.25) is 10.0 Å². The fraction of sp³-hybridized carbons (Fsp3) is 0.0909. The van der Waals surface area contributed by atoms with Gasteiger partial charge in [-0.25, -0.2) is 0 Å². The topological polar surface area (TPSA) is 52.5 Å². The fourth-order valence-electron chi connectivity index (χ4n) is 1.54. The van der Waals surface area contributed by atoms with Gasteiger partial charge in [0.2, 0.25) is 0 Å². The zero-order valence-electron chi connectivity index (χ0n) is 8.38. The van der Waals surface area contributed by atoms with Crippen LogP contribution in [0.15, 0.2) is 18.2 Å². The first kappa shape index (κ1) is 11.0. The minimum atomic E-state index is 0.321. The Balaban J connectivity index is 2.73. The molecule has 3 nitrogen and oxygen atoms in total. The van der Waals surface area contributed by atoms with E-state index in [-0.39, 0.29) is 0 Å². The summed E-state index contributed by atoms with van der Waals surface area (Å²) < 4.78 is 0. The lowest BCUT2D eigenvalue weighted by atomic mass is 10.0. The second-order valence-corrected chi connectivity index (χ2v) is 4.07. The highest BCUT2D eigenvalue weighted by molar-refractivity contribution is 6.43. The summed E-state index contributed by atoms with van der Waals surface area (Å²) in [5.41, 5.74) is 2.54. The SMILES string of the molecule is Cc1[nH]nc(C#N)c1-c1cccc(Cl)c1Cl. The number of hydrogen-bond donors (Lipinski definition) is 1. The summed E-state index contributed by atoms with van der Waals surface area (Å²) in [6.45, 7) is 1.83. The van der Waals surface area contributed by atoms with Gasteiger partial charge in [-0.05, 0) is 13.0 Å². The van der Waals surface area contributed by atoms with Gasteiger partial charge in [-0.3, -0.25) is 5.10 Å². The highest BCUT2D eigenvalue weighted by atomic mass is 35.5. The smallest absolute Gasteiger partial charge is 0.170 e. The lowest BCUT2D eigenvalue weighted by molar-refractivity contribution is 1.03. The number of nitriles is 1. The lowest BCUT2D eigenvalue weighted by Gasteiger charge is -2.04. The van der Waals surface area contributed by atoms with Gasteiger partial charge in [-0.15, -0.1) is 0 Å². The van der Waals surface area contributed by atoms with Crippen LogP contribution in [0.1, 0.15) is 11.4 Å². The molecule has 1 N–H and O–H groups in total. The van der Waals surface area contributed by atoms with Gasteiger partial charge in [0.05, 0.1) is 10.0 Å². The number of halogens is 2. The van der Waals surface area contributed by atoms with Crippen LogP contribution in [0.5, 0.6) is 0 Å². The van der Waals surface area contributed by atoms with Crippen molar-refractivity contribution < 1.29 is 0 Å². The Morgan fingerprint density at radius 2 is 2.12 bits per heavy atom. The van der Waals surface area contributed by atoms with Crippen LogP contribution in [0, 0.1) is 18.3 Å². The summed E-state index contributed by atoms with van der Waals surface area (Å²) >= 11 is 12.0. The van der Waals surface area contributed by atoms with E-state index in [2.05, 4.69) is 10.2 Å². The maximum atomic E-state index is 8.94. The second-order valence-electron chi connectivity index (χ2n) is 3.29. The van der Waals surface area contributed by atoms with Crippen molar-refractivity contribution >= 4 is 23.2 Å². The van der Waals surface area contributed by atoms with E-state index in [1.54, 1.807) is 12.1 Å². The third-order valence-electron chi connectivity index (χ3n) is 2.27. The molecule has 0 radical (unpaired) electrons. The van der Waals surface area contributed by atoms with Gasteiger partial charge >= 0.3 is 0 Å². The molecule has 0 aliphatic carbocycles. The predicted octanol–water partition coefficient (Wildman–Crippen LogP) is 3.56. The van der Waals surface area contributed by atoms with Gasteiger partial charge in [0.1, 0.15) is 6.07 Å². The van der Waals surface area contributed by atoms with E-state index in [0.717, 1.165) is 11.3 Å². The van der Waals surface area contributed by atoms with Crippen molar-refractivity contribution in [1.82, 2.24) is 10.2 Å². The quantitative estimate of drug-likeness (QED) is 0.843. The van der Waals surface area contributed by atoms with Crippen LogP contribution in [-0.2, 0) is 0 Å². The van der Waals surface area contributed by atoms with Crippen molar-refractivity contribution in [2.24, 2.45) is 0 Å². The summed E-state index contributed by atoms with van der Waals surface area (Å²) in [5.74, 6) is 0. The third-order valence-corrected chi connectivity index (χ3v) is 3.09. The summed E-state index contributed by atoms with van der Waals surface area (Å²) in [6, 6.07) is 7.32. The number of nitrogens with one attached hydrogen (secondary N) is 1. The zero-order valence-corrected chi connectivity index (χ0v) is 9.89. The van der Waals surface area contributed by atoms with Crippen LogP contribution in [0.25, 0.3) is 11.1 Å². The number of aromatic nitrogens is 2. The molecule has 0 bridgehead atoms. The number of nitrogens with zero attached hydrogens (tertiary/aromatic N) is 2. The van der Waals surface area contributed by atoms with Crippen molar-refractivity contribution in [2.75, 3.05) is 0 Å². The van der Waals surface area contributed by atoms with Crippen molar-refractivity contribution in [3.63, 3.8) is 0 Å². The Bertz CT molecular complexity index is 581. The van der Waals surface area contributed by atoms with Crippen LogP contribution in [0.3, 0.4) is 0 Å². The molecule has 1 aromatic carbocycles. The number of benzene rings is 1. The molecule has 0 atom stereocenters. The average Bonchev–Trinajstić information content (AvgIpc) is 2.64. The Morgan fingerprint density at radius 1 is 1.38 bits per heavy atom. The van der Waals surface area contributed by atoms with Gasteiger partial charge < -0.3 is 0 Å². The molecule has 0 unspecified atom stereocenters. The van der Waals surface area contributed by atoms with Gasteiger partial charge in [-0.1, -0.05) is 35.3 Å². The molecule has 0 saturated heterocycles. The monoisotopic (exact) mass is 251 g/mol. The molecule has 0 amide bonds. The lowest BCUT2D eigenvalue weighted by Crippen LogP contribution is -1.85. The molecule has 5 heteroatoms. The van der Waals surface area contributed by atoms with Crippen molar-refractivity contribution in [2.45, 2.75) is 6.92 Å². The van der Waals surface area contributed by atoms with Gasteiger partial charge in [0, 0.05) is 16.8 Å². The second kappa shape index (κ2) is 4.17. The van der Waals surface area contributed by atoms with E-state index >= 15 is 0 Å². The first-order chi connectivity index (χ1) is 7.65. The maximum absolute atomic E-state index is 8.94. The molecule has 0 fully saturated rings. The van der Waals surface area contributed by atoms with Crippen LogP contribution in [0.4, 0.5) is 0 Å². The summed E-state index contributed by atoms with van der Waals surface area (Å²) in [7, 11) is 0. The Labute approximate surface area is 103 Å². The largest absolute Gasteiger partial charge is 0.281 e. The molecule has 2 aromatic rings. The first-order valence-corrected chi connectivity index (χ1v) is 5.30. The van der Waals surface area contributed by atoms with E-state index in [4.69, 9.17) is 28.5 Å². The molecule has 2 rings (SSSR count). The maximum Gasteiger partial charge on any atom is 0.170 e. The fourth-order valence-corrected chi connectivity index (χ4v) is 1.93. The molecular weight excluding hydrogens is 245 g/mol. The van der Waals surface area contributed by atoms with E-state index in [9.17, 15) is 0 Å². The number of rotatable bonds is 1. The van der Waals surface area contributed by atoms with Gasteiger partial charge in [0.15, 0.2) is 5.69 Å². The molecule has 80 valence electrons. The van der Waals surface area contributed by atoms with E-state index in [1.165, 1.54) is 0 Å². The van der Waals surface area contributed by atoms with Crippen molar-refractivity contribution in [3.8, 4) is 17.2 Å². The molecule has 0 aliphatic heterocycles. The Hall–Kier alpha value is -1.50. The molecule has 1 aromatic heterocycles. The van der Waals surface area contributed by atoms with E-state index in [0.29, 0.717) is 21.3 Å². The first-order valence-electron chi connectivity index (χ1n) is 4.54. The number of aromatic amines is 1. The van der Waals surface area contributed by atoms with Crippen LogP contribution in [-0.4, -0.2) is 10.2 Å². The van der Waals surface area contributed by atoms with E-state index < -0.39 is 0 Å². The zero-order chi connectivity index (χ0) is 11.7. The third kappa shape index (κ3) is 1.67. The van der Waals surface area contributed by atoms with Gasteiger partial charge in [-0.2, -0.15) is 10.4 Å². The normalized spacial score (nSPS) is 10.1. The highest BCUT2D eigenvalue weighted by Crippen LogP contribution is 2.35. The van der Waals surface area contributed by atoms with Gasteiger partial charge in [0.25, 0.3) is 0 Å². The standard InChI is InChI=1S/C11H7Cl2N3/c1-6-10(9(5-14)16-15-6)7-3-2-4-8(12)11(7)13/h2-4H,1H3,(H,15,16). The number of aryl methyl sites for hydroxylation is 1. The molecule has 0 aliphatic rings. The van der Waals surface area contributed by atoms with Crippen LogP contribution >= 0.6 is 23.2 Å². The molecule has 16 heavy (non-hydrogen) atoms. The van der Waals surface area contributed by atoms with Crippen molar-refractivity contribution in [3.05, 3.63) is 39.6 Å². The summed E-state index contributed by atoms with van der Waals surface area (Å²) in [5, 5.41) is 16.5. The molecule has 1 heterocycles. The van der Waals surface area contributed by atoms with E-state index in [1.807, 2.05) is 19.1 Å². The molecule has 0 spiro atoms. The molecular formula is C11H7Cl2N3. The Morgan fingerprint density at radius 3 is 2.81 bits per heavy atom. The number of H-pyrrole nitrogens is 1. The minimum Gasteiger partial charge on any atom is -0.281 e. The summed E-state index contributed by atoms with van der Waals surface area (Å²) in [4.78, 5) is 0. The average molecular weight is 252 g/mol. The Kier molecular flexibility index (Phi) is 2.86. The van der Waals surface area contributed by atoms with Crippen LogP contribution < -0.4 is 0 Å². The predicted molar refractivity (Wildman–Crippen MR) is 63.5 cm³/mol. The van der Waals surface area contributed by atoms with Crippen molar-refractivity contribution in [1.29, 1.82) is 5.26 Å².